The molecule has 1 aliphatic rings. The van der Waals surface area contributed by atoms with Gasteiger partial charge in [-0.1, -0.05) is 36.3 Å². The number of hydrogen-bond donors (Lipinski definition) is 1. The van der Waals surface area contributed by atoms with Crippen molar-refractivity contribution in [2.24, 2.45) is 0 Å². The first-order chi connectivity index (χ1) is 20.4. The molecule has 0 bridgehead atoms. The molecule has 15 heteroatoms. The predicted molar refractivity (Wildman–Crippen MR) is 148 cm³/mol. The van der Waals surface area contributed by atoms with Crippen LogP contribution in [0.2, 0.25) is 0 Å². The topological polar surface area (TPSA) is 119 Å². The van der Waals surface area contributed by atoms with Gasteiger partial charge >= 0.3 is 21.6 Å². The number of amides is 1. The van der Waals surface area contributed by atoms with Crippen molar-refractivity contribution in [3.05, 3.63) is 83.7 Å². The van der Waals surface area contributed by atoms with E-state index in [1.54, 1.807) is 11.8 Å². The molecular weight excluding hydrogens is 592 g/mol. The number of alkyl halides is 3. The van der Waals surface area contributed by atoms with Crippen molar-refractivity contribution in [3.8, 4) is 11.8 Å². The molecule has 4 aromatic rings. The standard InChI is InChI=1S/C28H24F4N6O4S/c1-18(42-27(39)34-15-19-6-3-2-4-7-19)9-10-22-21(14-20(29)16-33-22)24-8-5-13-37(24)25-12-11-23-26(36-25)38(17-35-23)43(40,41)28(30,31)32/h2-4,6-7,11-12,14,16-18,24H,5,8,13,15H2,1H3,(H,34,39)/t18-,24-/m1/s1. The number of nitrogens with one attached hydrogen (secondary N) is 1. The van der Waals surface area contributed by atoms with Gasteiger partial charge in [-0.3, -0.25) is 0 Å². The highest BCUT2D eigenvalue weighted by molar-refractivity contribution is 7.90. The molecule has 43 heavy (non-hydrogen) atoms. The summed E-state index contributed by atoms with van der Waals surface area (Å²) >= 11 is 0. The number of nitrogens with zero attached hydrogens (tertiary/aromatic N) is 5. The number of aromatic nitrogens is 4. The van der Waals surface area contributed by atoms with Crippen molar-refractivity contribution in [2.75, 3.05) is 11.4 Å². The molecule has 3 aromatic heterocycles. The van der Waals surface area contributed by atoms with Crippen molar-refractivity contribution < 1.29 is 35.5 Å². The van der Waals surface area contributed by atoms with E-state index in [4.69, 9.17) is 4.74 Å². The lowest BCUT2D eigenvalue weighted by atomic mass is 10.0. The third kappa shape index (κ3) is 6.38. The summed E-state index contributed by atoms with van der Waals surface area (Å²) in [6, 6.07) is 12.8. The largest absolute Gasteiger partial charge is 0.517 e. The minimum atomic E-state index is -5.77. The van der Waals surface area contributed by atoms with E-state index in [9.17, 15) is 30.8 Å². The lowest BCUT2D eigenvalue weighted by Crippen LogP contribution is -2.29. The summed E-state index contributed by atoms with van der Waals surface area (Å²) in [5.74, 6) is 5.17. The third-order valence-electron chi connectivity index (χ3n) is 6.65. The van der Waals surface area contributed by atoms with Crippen molar-refractivity contribution in [3.63, 3.8) is 0 Å². The van der Waals surface area contributed by atoms with Crippen molar-refractivity contribution >= 4 is 33.1 Å². The summed E-state index contributed by atoms with van der Waals surface area (Å²) in [5.41, 5.74) is -4.60. The van der Waals surface area contributed by atoms with Crippen molar-refractivity contribution in [1.82, 2.24) is 24.2 Å². The van der Waals surface area contributed by atoms with E-state index in [-0.39, 0.29) is 27.5 Å². The normalized spacial score (nSPS) is 16.0. The maximum atomic E-state index is 14.4. The molecule has 0 spiro atoms. The SMILES string of the molecule is C[C@H](C#Cc1ncc(F)cc1[C@H]1CCCN1c1ccc2ncn(S(=O)(=O)C(F)(F)F)c2n1)OC(=O)NCc1ccccc1. The Labute approximate surface area is 243 Å². The van der Waals surface area contributed by atoms with E-state index in [0.29, 0.717) is 31.3 Å². The molecular formula is C28H24F4N6O4S. The van der Waals surface area contributed by atoms with Crippen LogP contribution in [-0.2, 0) is 21.3 Å². The van der Waals surface area contributed by atoms with Crippen LogP contribution in [0.15, 0.2) is 61.1 Å². The fraction of sp³-hybridized carbons (Fsp3) is 0.286. The number of carbonyl (C=O) groups is 1. The van der Waals surface area contributed by atoms with Gasteiger partial charge in [0.25, 0.3) is 0 Å². The Hall–Kier alpha value is -4.71. The Morgan fingerprint density at radius 3 is 2.70 bits per heavy atom. The van der Waals surface area contributed by atoms with Gasteiger partial charge in [0.1, 0.15) is 29.2 Å². The molecule has 1 fully saturated rings. The second-order valence-electron chi connectivity index (χ2n) is 9.60. The van der Waals surface area contributed by atoms with Gasteiger partial charge in [-0.15, -0.1) is 0 Å². The van der Waals surface area contributed by atoms with Gasteiger partial charge in [-0.05, 0) is 49.4 Å². The lowest BCUT2D eigenvalue weighted by Gasteiger charge is -2.26. The van der Waals surface area contributed by atoms with Gasteiger partial charge in [0.05, 0.1) is 12.2 Å². The van der Waals surface area contributed by atoms with Crippen LogP contribution in [0.1, 0.15) is 42.6 Å². The Morgan fingerprint density at radius 1 is 1.19 bits per heavy atom. The molecule has 1 N–H and O–H groups in total. The molecule has 1 amide bonds. The average molecular weight is 617 g/mol. The van der Waals surface area contributed by atoms with Gasteiger partial charge in [-0.25, -0.2) is 28.1 Å². The van der Waals surface area contributed by atoms with Gasteiger partial charge in [-0.2, -0.15) is 21.6 Å². The third-order valence-corrected chi connectivity index (χ3v) is 8.02. The monoisotopic (exact) mass is 616 g/mol. The Morgan fingerprint density at radius 2 is 1.95 bits per heavy atom. The smallest absolute Gasteiger partial charge is 0.433 e. The number of alkyl carbamates (subject to hydrolysis) is 1. The molecule has 1 saturated heterocycles. The first-order valence-corrected chi connectivity index (χ1v) is 14.5. The summed E-state index contributed by atoms with van der Waals surface area (Å²) in [5, 5.41) is 2.63. The number of anilines is 1. The van der Waals surface area contributed by atoms with E-state index in [1.807, 2.05) is 30.3 Å². The number of ether oxygens (including phenoxy) is 1. The number of imidazole rings is 1. The van der Waals surface area contributed by atoms with E-state index in [2.05, 4.69) is 32.1 Å². The Balaban J connectivity index is 1.38. The quantitative estimate of drug-likeness (QED) is 0.245. The van der Waals surface area contributed by atoms with E-state index in [0.717, 1.165) is 11.8 Å². The fourth-order valence-electron chi connectivity index (χ4n) is 4.66. The number of benzene rings is 1. The highest BCUT2D eigenvalue weighted by Gasteiger charge is 2.48. The molecule has 0 radical (unpaired) electrons. The highest BCUT2D eigenvalue weighted by Crippen LogP contribution is 2.37. The van der Waals surface area contributed by atoms with Crippen molar-refractivity contribution in [1.29, 1.82) is 0 Å². The Kier molecular flexibility index (Phi) is 8.23. The average Bonchev–Trinajstić information content (AvgIpc) is 3.63. The fourth-order valence-corrected chi connectivity index (χ4v) is 5.42. The van der Waals surface area contributed by atoms with E-state index < -0.39 is 45.2 Å². The maximum Gasteiger partial charge on any atom is 0.517 e. The second kappa shape index (κ2) is 11.9. The summed E-state index contributed by atoms with van der Waals surface area (Å²) in [6.07, 6.45) is 1.17. The minimum Gasteiger partial charge on any atom is -0.433 e. The highest BCUT2D eigenvalue weighted by atomic mass is 32.2. The number of fused-ring (bicyclic) bond motifs is 1. The lowest BCUT2D eigenvalue weighted by molar-refractivity contribution is -0.0445. The zero-order valence-electron chi connectivity index (χ0n) is 22.5. The zero-order valence-corrected chi connectivity index (χ0v) is 23.4. The molecule has 0 aliphatic carbocycles. The predicted octanol–water partition coefficient (Wildman–Crippen LogP) is 4.67. The molecule has 1 aliphatic heterocycles. The van der Waals surface area contributed by atoms with Crippen LogP contribution in [-0.4, -0.2) is 51.6 Å². The van der Waals surface area contributed by atoms with Gasteiger partial charge in [0.2, 0.25) is 0 Å². The van der Waals surface area contributed by atoms with Crippen LogP contribution in [0.5, 0.6) is 0 Å². The molecule has 2 atom stereocenters. The molecule has 0 saturated carbocycles. The number of carbonyl (C=O) groups excluding carboxylic acids is 1. The number of hydrogen-bond acceptors (Lipinski definition) is 8. The van der Waals surface area contributed by atoms with E-state index >= 15 is 0 Å². The van der Waals surface area contributed by atoms with Crippen LogP contribution in [0, 0.1) is 17.7 Å². The first kappa shape index (κ1) is 29.8. The van der Waals surface area contributed by atoms with E-state index in [1.165, 1.54) is 18.2 Å². The number of pyridine rings is 2. The Bertz CT molecular complexity index is 1820. The first-order valence-electron chi connectivity index (χ1n) is 13.0. The zero-order chi connectivity index (χ0) is 30.8. The van der Waals surface area contributed by atoms with Crippen molar-refractivity contribution in [2.45, 2.75) is 44.0 Å². The minimum absolute atomic E-state index is 0.00501. The van der Waals surface area contributed by atoms with Gasteiger partial charge in [0.15, 0.2) is 11.8 Å². The number of halogens is 4. The molecule has 1 aromatic carbocycles. The van der Waals surface area contributed by atoms with Crippen LogP contribution in [0.3, 0.4) is 0 Å². The maximum absolute atomic E-state index is 14.4. The molecule has 0 unspecified atom stereocenters. The summed E-state index contributed by atoms with van der Waals surface area (Å²) in [4.78, 5) is 26.0. The van der Waals surface area contributed by atoms with Crippen LogP contribution in [0.25, 0.3) is 11.2 Å². The number of rotatable bonds is 6. The van der Waals surface area contributed by atoms with Crippen LogP contribution in [0.4, 0.5) is 28.2 Å². The van der Waals surface area contributed by atoms with Crippen LogP contribution < -0.4 is 10.2 Å². The molecule has 5 rings (SSSR count). The molecule has 10 nitrogen and oxygen atoms in total. The second-order valence-corrected chi connectivity index (χ2v) is 11.4. The summed E-state index contributed by atoms with van der Waals surface area (Å²) in [6.45, 7) is 2.23. The van der Waals surface area contributed by atoms with Gasteiger partial charge < -0.3 is 15.0 Å². The molecule has 224 valence electrons. The summed E-state index contributed by atoms with van der Waals surface area (Å²) in [7, 11) is -5.77. The molecule has 4 heterocycles. The van der Waals surface area contributed by atoms with Crippen LogP contribution >= 0.6 is 0 Å². The summed E-state index contributed by atoms with van der Waals surface area (Å²) < 4.78 is 83.5. The van der Waals surface area contributed by atoms with Gasteiger partial charge in [0, 0.05) is 18.7 Å².